The molecule has 0 atom stereocenters. The van der Waals surface area contributed by atoms with E-state index in [4.69, 9.17) is 10.3 Å². The Kier molecular flexibility index (Phi) is 3.70. The molecule has 0 saturated carbocycles. The molecular formula is C5H8N2O3. The van der Waals surface area contributed by atoms with Crippen molar-refractivity contribution in [1.29, 1.82) is 0 Å². The Morgan fingerprint density at radius 2 is 2.40 bits per heavy atom. The van der Waals surface area contributed by atoms with Gasteiger partial charge in [-0.15, -0.1) is 6.58 Å². The second-order valence-electron chi connectivity index (χ2n) is 1.42. The van der Waals surface area contributed by atoms with Crippen LogP contribution in [0, 0.1) is 0 Å². The summed E-state index contributed by atoms with van der Waals surface area (Å²) in [6, 6.07) is 0. The molecule has 0 fully saturated rings. The summed E-state index contributed by atoms with van der Waals surface area (Å²) in [4.78, 5) is 10.0. The molecule has 0 amide bonds. The van der Waals surface area contributed by atoms with Crippen molar-refractivity contribution in [2.24, 2.45) is 5.16 Å². The van der Waals surface area contributed by atoms with Crippen LogP contribution < -0.4 is 5.32 Å². The van der Waals surface area contributed by atoms with Gasteiger partial charge in [0, 0.05) is 6.54 Å². The largest absolute Gasteiger partial charge is 0.475 e. The minimum atomic E-state index is -1.30. The van der Waals surface area contributed by atoms with E-state index in [2.05, 4.69) is 17.1 Å². The molecule has 0 aliphatic carbocycles. The zero-order chi connectivity index (χ0) is 7.98. The van der Waals surface area contributed by atoms with E-state index in [1.807, 2.05) is 0 Å². The normalized spacial score (nSPS) is 10.6. The Morgan fingerprint density at radius 3 is 2.70 bits per heavy atom. The first-order chi connectivity index (χ1) is 4.72. The maximum absolute atomic E-state index is 10.0. The van der Waals surface area contributed by atoms with Crippen molar-refractivity contribution in [3.8, 4) is 0 Å². The summed E-state index contributed by atoms with van der Waals surface area (Å²) < 4.78 is 0. The van der Waals surface area contributed by atoms with Gasteiger partial charge in [0.15, 0.2) is 0 Å². The second-order valence-corrected chi connectivity index (χ2v) is 1.42. The lowest BCUT2D eigenvalue weighted by atomic mass is 10.5. The van der Waals surface area contributed by atoms with Crippen LogP contribution in [-0.4, -0.2) is 28.7 Å². The minimum absolute atomic E-state index is 0.256. The van der Waals surface area contributed by atoms with Crippen LogP contribution in [0.1, 0.15) is 0 Å². The number of amidine groups is 1. The fraction of sp³-hybridized carbons (Fsp3) is 0.200. The first-order valence-electron chi connectivity index (χ1n) is 2.52. The van der Waals surface area contributed by atoms with E-state index in [0.29, 0.717) is 0 Å². The fourth-order valence-electron chi connectivity index (χ4n) is 0.323. The summed E-state index contributed by atoms with van der Waals surface area (Å²) in [5.74, 6) is -1.79. The highest BCUT2D eigenvalue weighted by Gasteiger charge is 2.06. The van der Waals surface area contributed by atoms with Crippen LogP contribution >= 0.6 is 0 Å². The summed E-state index contributed by atoms with van der Waals surface area (Å²) in [6.45, 7) is 3.59. The molecule has 56 valence electrons. The highest BCUT2D eigenvalue weighted by molar-refractivity contribution is 6.34. The van der Waals surface area contributed by atoms with Crippen molar-refractivity contribution in [3.63, 3.8) is 0 Å². The standard InChI is InChI=1S/C5H8N2O3/c1-2-3-6-4(7-10)5(8)9/h2,10H,1,3H2,(H,6,7)(H,8,9). The van der Waals surface area contributed by atoms with Crippen LogP contribution in [0.15, 0.2) is 17.8 Å². The number of hydrogen-bond acceptors (Lipinski definition) is 3. The second kappa shape index (κ2) is 4.37. The highest BCUT2D eigenvalue weighted by Crippen LogP contribution is 1.71. The summed E-state index contributed by atoms with van der Waals surface area (Å²) in [5.41, 5.74) is 0. The first kappa shape index (κ1) is 8.48. The molecule has 3 N–H and O–H groups in total. The molecule has 0 unspecified atom stereocenters. The van der Waals surface area contributed by atoms with E-state index in [0.717, 1.165) is 0 Å². The molecule has 0 aliphatic rings. The van der Waals surface area contributed by atoms with Crippen LogP contribution in [0.3, 0.4) is 0 Å². The number of carbonyl (C=O) groups is 1. The van der Waals surface area contributed by atoms with Crippen LogP contribution in [0.4, 0.5) is 0 Å². The Balaban J connectivity index is 3.85. The maximum Gasteiger partial charge on any atom is 0.375 e. The number of nitrogens with zero attached hydrogens (tertiary/aromatic N) is 1. The molecule has 0 aromatic heterocycles. The molecule has 0 aromatic carbocycles. The van der Waals surface area contributed by atoms with E-state index >= 15 is 0 Å². The Morgan fingerprint density at radius 1 is 1.80 bits per heavy atom. The average molecular weight is 144 g/mol. The molecule has 0 aromatic rings. The first-order valence-corrected chi connectivity index (χ1v) is 2.52. The number of rotatable bonds is 2. The molecule has 0 heterocycles. The predicted molar refractivity (Wildman–Crippen MR) is 35.1 cm³/mol. The number of carboxylic acids is 1. The van der Waals surface area contributed by atoms with Crippen LogP contribution in [0.2, 0.25) is 0 Å². The molecule has 0 aliphatic heterocycles. The Bertz CT molecular complexity index is 164. The number of hydrogen-bond donors (Lipinski definition) is 3. The third-order valence-corrected chi connectivity index (χ3v) is 0.716. The van der Waals surface area contributed by atoms with Crippen LogP contribution in [-0.2, 0) is 4.79 Å². The third-order valence-electron chi connectivity index (χ3n) is 0.716. The number of carboxylic acid groups (broad SMARTS) is 1. The molecule has 0 bridgehead atoms. The molecule has 10 heavy (non-hydrogen) atoms. The molecule has 0 saturated heterocycles. The average Bonchev–Trinajstić information content (AvgIpc) is 1.89. The van der Waals surface area contributed by atoms with Crippen molar-refractivity contribution in [1.82, 2.24) is 5.32 Å². The highest BCUT2D eigenvalue weighted by atomic mass is 16.4. The van der Waals surface area contributed by atoms with E-state index in [9.17, 15) is 4.79 Å². The molecule has 0 rings (SSSR count). The molecule has 0 spiro atoms. The lowest BCUT2D eigenvalue weighted by Gasteiger charge is -1.97. The van der Waals surface area contributed by atoms with E-state index in [1.165, 1.54) is 6.08 Å². The van der Waals surface area contributed by atoms with Gasteiger partial charge < -0.3 is 15.6 Å². The summed E-state index contributed by atoms with van der Waals surface area (Å²) in [5, 5.41) is 21.0. The summed E-state index contributed by atoms with van der Waals surface area (Å²) in [7, 11) is 0. The van der Waals surface area contributed by atoms with Gasteiger partial charge in [0.05, 0.1) is 0 Å². The summed E-state index contributed by atoms with van der Waals surface area (Å²) >= 11 is 0. The van der Waals surface area contributed by atoms with Gasteiger partial charge in [0.1, 0.15) is 0 Å². The van der Waals surface area contributed by atoms with Crippen LogP contribution in [0.25, 0.3) is 0 Å². The molecule has 5 nitrogen and oxygen atoms in total. The number of oxime groups is 1. The summed E-state index contributed by atoms with van der Waals surface area (Å²) in [6.07, 6.45) is 1.45. The van der Waals surface area contributed by atoms with Gasteiger partial charge in [-0.25, -0.2) is 4.79 Å². The topological polar surface area (TPSA) is 81.9 Å². The van der Waals surface area contributed by atoms with E-state index in [1.54, 1.807) is 0 Å². The van der Waals surface area contributed by atoms with Crippen LogP contribution in [0.5, 0.6) is 0 Å². The van der Waals surface area contributed by atoms with E-state index in [-0.39, 0.29) is 6.54 Å². The van der Waals surface area contributed by atoms with Gasteiger partial charge in [0.25, 0.3) is 5.84 Å². The quantitative estimate of drug-likeness (QED) is 0.162. The lowest BCUT2D eigenvalue weighted by molar-refractivity contribution is -0.129. The fourth-order valence-corrected chi connectivity index (χ4v) is 0.323. The predicted octanol–water partition coefficient (Wildman–Crippen LogP) is -0.366. The monoisotopic (exact) mass is 144 g/mol. The third kappa shape index (κ3) is 2.71. The Labute approximate surface area is 57.7 Å². The van der Waals surface area contributed by atoms with Gasteiger partial charge in [-0.1, -0.05) is 11.2 Å². The Hall–Kier alpha value is -1.52. The van der Waals surface area contributed by atoms with Gasteiger partial charge in [-0.05, 0) is 0 Å². The maximum atomic E-state index is 10.0. The lowest BCUT2D eigenvalue weighted by Crippen LogP contribution is -2.30. The molecular weight excluding hydrogens is 136 g/mol. The number of aliphatic carboxylic acids is 1. The minimum Gasteiger partial charge on any atom is -0.475 e. The van der Waals surface area contributed by atoms with Gasteiger partial charge >= 0.3 is 5.97 Å². The van der Waals surface area contributed by atoms with Crippen molar-refractivity contribution in [2.45, 2.75) is 0 Å². The van der Waals surface area contributed by atoms with Crippen molar-refractivity contribution >= 4 is 11.8 Å². The SMILES string of the molecule is C=CCNC(=NO)C(=O)O. The van der Waals surface area contributed by atoms with Gasteiger partial charge in [-0.2, -0.15) is 0 Å². The van der Waals surface area contributed by atoms with Crippen molar-refractivity contribution in [3.05, 3.63) is 12.7 Å². The zero-order valence-electron chi connectivity index (χ0n) is 5.24. The number of nitrogens with one attached hydrogen (secondary N) is 1. The molecule has 5 heteroatoms. The van der Waals surface area contributed by atoms with E-state index < -0.39 is 11.8 Å². The van der Waals surface area contributed by atoms with Gasteiger partial charge in [0.2, 0.25) is 0 Å². The van der Waals surface area contributed by atoms with Gasteiger partial charge in [-0.3, -0.25) is 0 Å². The van der Waals surface area contributed by atoms with Crippen molar-refractivity contribution in [2.75, 3.05) is 6.54 Å². The smallest absolute Gasteiger partial charge is 0.375 e. The molecule has 0 radical (unpaired) electrons. The van der Waals surface area contributed by atoms with Crippen molar-refractivity contribution < 1.29 is 15.1 Å². The zero-order valence-corrected chi connectivity index (χ0v) is 5.24.